The van der Waals surface area contributed by atoms with Crippen LogP contribution in [0.25, 0.3) is 5.69 Å². The minimum Gasteiger partial charge on any atom is -0.494 e. The first-order valence-electron chi connectivity index (χ1n) is 11.3. The number of amides is 2. The van der Waals surface area contributed by atoms with Gasteiger partial charge in [-0.15, -0.1) is 0 Å². The lowest BCUT2D eigenvalue weighted by Crippen LogP contribution is -2.42. The number of rotatable bonds is 8. The van der Waals surface area contributed by atoms with Crippen LogP contribution in [0.3, 0.4) is 0 Å². The first-order valence-corrected chi connectivity index (χ1v) is 11.3. The highest BCUT2D eigenvalue weighted by Crippen LogP contribution is 2.37. The molecule has 4 rings (SSSR count). The molecule has 6 nitrogen and oxygen atoms in total. The van der Waals surface area contributed by atoms with Gasteiger partial charge in [0.1, 0.15) is 5.75 Å². The second-order valence-corrected chi connectivity index (χ2v) is 7.75. The van der Waals surface area contributed by atoms with Crippen molar-refractivity contribution in [3.8, 4) is 11.4 Å². The third-order valence-corrected chi connectivity index (χ3v) is 5.68. The Labute approximate surface area is 189 Å². The Morgan fingerprint density at radius 3 is 2.62 bits per heavy atom. The second-order valence-electron chi connectivity index (χ2n) is 7.75. The van der Waals surface area contributed by atoms with Crippen LogP contribution in [0, 0.1) is 0 Å². The van der Waals surface area contributed by atoms with E-state index in [1.807, 2.05) is 49.1 Å². The fourth-order valence-corrected chi connectivity index (χ4v) is 4.22. The molecule has 2 amide bonds. The molecule has 1 aromatic heterocycles. The van der Waals surface area contributed by atoms with Crippen molar-refractivity contribution in [2.75, 3.05) is 26.4 Å². The average Bonchev–Trinajstić information content (AvgIpc) is 3.24. The maximum Gasteiger partial charge on any atom is 0.318 e. The van der Waals surface area contributed by atoms with E-state index in [2.05, 4.69) is 46.4 Å². The number of carbonyl (C=O) groups excluding carboxylic acids is 1. The van der Waals surface area contributed by atoms with Crippen molar-refractivity contribution < 1.29 is 14.3 Å². The van der Waals surface area contributed by atoms with Gasteiger partial charge < -0.3 is 24.3 Å². The molecular weight excluding hydrogens is 402 g/mol. The highest BCUT2D eigenvalue weighted by molar-refractivity contribution is 5.76. The number of hydrogen-bond acceptors (Lipinski definition) is 3. The molecule has 0 aliphatic carbocycles. The summed E-state index contributed by atoms with van der Waals surface area (Å²) in [6, 6.07) is 20.2. The van der Waals surface area contributed by atoms with Gasteiger partial charge in [-0.05, 0) is 61.7 Å². The SMILES string of the molecule is CCOCCCNC(=O)N1Cc2ccccc2-n2cccc2C1c1ccc(OCC)cc1. The third-order valence-electron chi connectivity index (χ3n) is 5.68. The van der Waals surface area contributed by atoms with E-state index in [0.717, 1.165) is 34.7 Å². The van der Waals surface area contributed by atoms with Crippen LogP contribution in [0.5, 0.6) is 5.75 Å². The Hall–Kier alpha value is -3.25. The predicted octanol–water partition coefficient (Wildman–Crippen LogP) is 4.92. The lowest BCUT2D eigenvalue weighted by atomic mass is 10.0. The molecule has 0 radical (unpaired) electrons. The van der Waals surface area contributed by atoms with Gasteiger partial charge >= 0.3 is 6.03 Å². The molecule has 3 aromatic rings. The standard InChI is InChI=1S/C26H31N3O3/c1-3-31-18-8-16-27-26(30)29-19-21-9-5-6-10-23(21)28-17-7-11-24(28)25(29)20-12-14-22(15-13-20)32-4-2/h5-7,9-15,17,25H,3-4,8,16,18-19H2,1-2H3,(H,27,30). The highest BCUT2D eigenvalue weighted by atomic mass is 16.5. The molecule has 1 N–H and O–H groups in total. The van der Waals surface area contributed by atoms with Gasteiger partial charge in [0.15, 0.2) is 0 Å². The summed E-state index contributed by atoms with van der Waals surface area (Å²) in [5.74, 6) is 0.829. The zero-order chi connectivity index (χ0) is 22.3. The summed E-state index contributed by atoms with van der Waals surface area (Å²) in [4.78, 5) is 15.3. The summed E-state index contributed by atoms with van der Waals surface area (Å²) in [7, 11) is 0. The lowest BCUT2D eigenvalue weighted by molar-refractivity contribution is 0.143. The average molecular weight is 434 g/mol. The Balaban J connectivity index is 1.69. The molecule has 0 fully saturated rings. The van der Waals surface area contributed by atoms with Crippen molar-refractivity contribution in [3.63, 3.8) is 0 Å². The predicted molar refractivity (Wildman–Crippen MR) is 125 cm³/mol. The molecule has 6 heteroatoms. The smallest absolute Gasteiger partial charge is 0.318 e. The Bertz CT molecular complexity index is 1030. The molecule has 0 spiro atoms. The number of para-hydroxylation sites is 1. The summed E-state index contributed by atoms with van der Waals surface area (Å²) in [6.45, 7) is 7.00. The van der Waals surface area contributed by atoms with Crippen molar-refractivity contribution in [2.24, 2.45) is 0 Å². The number of ether oxygens (including phenoxy) is 2. The zero-order valence-corrected chi connectivity index (χ0v) is 18.8. The molecule has 0 saturated heterocycles. The van der Waals surface area contributed by atoms with E-state index >= 15 is 0 Å². The van der Waals surface area contributed by atoms with Gasteiger partial charge in [-0.25, -0.2) is 4.79 Å². The van der Waals surface area contributed by atoms with E-state index in [9.17, 15) is 4.79 Å². The van der Waals surface area contributed by atoms with Crippen molar-refractivity contribution in [3.05, 3.63) is 83.7 Å². The quantitative estimate of drug-likeness (QED) is 0.513. The molecule has 0 saturated carbocycles. The monoisotopic (exact) mass is 433 g/mol. The van der Waals surface area contributed by atoms with Crippen LogP contribution < -0.4 is 10.1 Å². The van der Waals surface area contributed by atoms with Crippen LogP contribution in [0.4, 0.5) is 4.79 Å². The number of hydrogen-bond donors (Lipinski definition) is 1. The molecule has 2 aromatic carbocycles. The van der Waals surface area contributed by atoms with Crippen molar-refractivity contribution in [2.45, 2.75) is 32.9 Å². The van der Waals surface area contributed by atoms with Crippen LogP contribution in [-0.4, -0.2) is 41.9 Å². The van der Waals surface area contributed by atoms with Gasteiger partial charge in [-0.3, -0.25) is 0 Å². The van der Waals surface area contributed by atoms with Crippen LogP contribution in [0.2, 0.25) is 0 Å². The van der Waals surface area contributed by atoms with Gasteiger partial charge in [-0.2, -0.15) is 0 Å². The minimum atomic E-state index is -0.222. The first-order chi connectivity index (χ1) is 15.7. The number of urea groups is 1. The second kappa shape index (κ2) is 10.4. The van der Waals surface area contributed by atoms with Crippen molar-refractivity contribution in [1.82, 2.24) is 14.8 Å². The number of aromatic nitrogens is 1. The Morgan fingerprint density at radius 1 is 1.03 bits per heavy atom. The van der Waals surface area contributed by atoms with Gasteiger partial charge in [0.2, 0.25) is 0 Å². The Morgan fingerprint density at radius 2 is 1.84 bits per heavy atom. The van der Waals surface area contributed by atoms with E-state index in [-0.39, 0.29) is 12.1 Å². The number of fused-ring (bicyclic) bond motifs is 3. The highest BCUT2D eigenvalue weighted by Gasteiger charge is 2.32. The van der Waals surface area contributed by atoms with Crippen molar-refractivity contribution >= 4 is 6.03 Å². The largest absolute Gasteiger partial charge is 0.494 e. The van der Waals surface area contributed by atoms with Gasteiger partial charge in [-0.1, -0.05) is 30.3 Å². The summed E-state index contributed by atoms with van der Waals surface area (Å²) < 4.78 is 13.2. The third kappa shape index (κ3) is 4.65. The fourth-order valence-electron chi connectivity index (χ4n) is 4.22. The van der Waals surface area contributed by atoms with Crippen LogP contribution in [-0.2, 0) is 11.3 Å². The maximum absolute atomic E-state index is 13.4. The normalized spacial score (nSPS) is 14.9. The van der Waals surface area contributed by atoms with Crippen LogP contribution in [0.1, 0.15) is 43.1 Å². The van der Waals surface area contributed by atoms with Gasteiger partial charge in [0.25, 0.3) is 0 Å². The number of carbonyl (C=O) groups is 1. The van der Waals surface area contributed by atoms with Crippen LogP contribution >= 0.6 is 0 Å². The first kappa shape index (κ1) is 22.0. The van der Waals surface area contributed by atoms with E-state index in [4.69, 9.17) is 9.47 Å². The molecule has 32 heavy (non-hydrogen) atoms. The number of nitrogens with zero attached hydrogens (tertiary/aromatic N) is 2. The molecule has 1 aliphatic heterocycles. The van der Waals surface area contributed by atoms with Crippen molar-refractivity contribution in [1.29, 1.82) is 0 Å². The maximum atomic E-state index is 13.4. The summed E-state index contributed by atoms with van der Waals surface area (Å²) in [5.41, 5.74) is 4.33. The molecule has 2 heterocycles. The topological polar surface area (TPSA) is 55.7 Å². The number of nitrogens with one attached hydrogen (secondary N) is 1. The lowest BCUT2D eigenvalue weighted by Gasteiger charge is -2.31. The van der Waals surface area contributed by atoms with E-state index in [1.54, 1.807) is 0 Å². The molecular formula is C26H31N3O3. The zero-order valence-electron chi connectivity index (χ0n) is 18.8. The Kier molecular flexibility index (Phi) is 7.12. The molecule has 0 bridgehead atoms. The van der Waals surface area contributed by atoms with Crippen LogP contribution in [0.15, 0.2) is 66.9 Å². The van der Waals surface area contributed by atoms with E-state index < -0.39 is 0 Å². The van der Waals surface area contributed by atoms with Gasteiger partial charge in [0, 0.05) is 31.6 Å². The van der Waals surface area contributed by atoms with E-state index in [1.165, 1.54) is 0 Å². The summed E-state index contributed by atoms with van der Waals surface area (Å²) in [5, 5.41) is 3.10. The van der Waals surface area contributed by atoms with E-state index in [0.29, 0.717) is 32.9 Å². The molecule has 1 unspecified atom stereocenters. The number of benzene rings is 2. The van der Waals surface area contributed by atoms with Gasteiger partial charge in [0.05, 0.1) is 24.9 Å². The molecule has 1 atom stereocenters. The molecule has 1 aliphatic rings. The molecule has 168 valence electrons. The summed E-state index contributed by atoms with van der Waals surface area (Å²) >= 11 is 0. The summed E-state index contributed by atoms with van der Waals surface area (Å²) in [6.07, 6.45) is 2.85. The fraction of sp³-hybridized carbons (Fsp3) is 0.346. The minimum absolute atomic E-state index is 0.0789.